The maximum Gasteiger partial charge on any atom is 0.411 e. The highest BCUT2D eigenvalue weighted by molar-refractivity contribution is 4.93. The number of hydrogen-bond acceptors (Lipinski definition) is 6. The summed E-state index contributed by atoms with van der Waals surface area (Å²) in [5.74, 6) is 0.643. The highest BCUT2D eigenvalue weighted by Crippen LogP contribution is 2.16. The highest BCUT2D eigenvalue weighted by Gasteiger charge is 2.27. The molecule has 9 heteroatoms. The van der Waals surface area contributed by atoms with E-state index in [1.54, 1.807) is 0 Å². The summed E-state index contributed by atoms with van der Waals surface area (Å²) in [5.41, 5.74) is 0. The predicted octanol–water partition coefficient (Wildman–Crippen LogP) is 0.852. The minimum Gasteiger partial charge on any atom is -0.372 e. The maximum atomic E-state index is 11.8. The molecule has 1 saturated heterocycles. The van der Waals surface area contributed by atoms with E-state index in [2.05, 4.69) is 20.2 Å². The van der Waals surface area contributed by atoms with Crippen LogP contribution >= 0.6 is 0 Å². The second-order valence-corrected chi connectivity index (χ2v) is 4.03. The molecule has 1 aromatic rings. The van der Waals surface area contributed by atoms with Gasteiger partial charge in [0.15, 0.2) is 0 Å². The molecule has 0 radical (unpaired) electrons. The van der Waals surface area contributed by atoms with Crippen molar-refractivity contribution < 1.29 is 27.2 Å². The van der Waals surface area contributed by atoms with Gasteiger partial charge >= 0.3 is 6.18 Å². The molecular weight excluding hydrogens is 267 g/mol. The number of rotatable bonds is 5. The van der Waals surface area contributed by atoms with E-state index in [1.807, 2.05) is 0 Å². The molecule has 0 spiro atoms. The number of halogens is 3. The van der Waals surface area contributed by atoms with Crippen molar-refractivity contribution in [2.45, 2.75) is 18.7 Å². The van der Waals surface area contributed by atoms with Crippen LogP contribution in [0.4, 0.5) is 13.2 Å². The fourth-order valence-electron chi connectivity index (χ4n) is 1.58. The summed E-state index contributed by atoms with van der Waals surface area (Å²) in [6.07, 6.45) is -4.45. The molecule has 0 amide bonds. The van der Waals surface area contributed by atoms with Crippen molar-refractivity contribution in [1.29, 1.82) is 0 Å². The third kappa shape index (κ3) is 4.77. The van der Waals surface area contributed by atoms with E-state index in [9.17, 15) is 13.2 Å². The fourth-order valence-corrected chi connectivity index (χ4v) is 1.58. The SMILES string of the molecule is FC(F)(F)COCCc1nc(C2CNCCO2)no1. The quantitative estimate of drug-likeness (QED) is 0.807. The van der Waals surface area contributed by atoms with E-state index in [0.717, 1.165) is 6.54 Å². The summed E-state index contributed by atoms with van der Waals surface area (Å²) < 4.78 is 50.3. The number of nitrogens with one attached hydrogen (secondary N) is 1. The summed E-state index contributed by atoms with van der Waals surface area (Å²) in [7, 11) is 0. The standard InChI is InChI=1S/C10H14F3N3O3/c11-10(12,13)6-17-3-1-8-15-9(16-19-8)7-5-14-2-4-18-7/h7,14H,1-6H2. The van der Waals surface area contributed by atoms with Gasteiger partial charge in [0.1, 0.15) is 12.7 Å². The Kier molecular flexibility index (Phi) is 4.72. The van der Waals surface area contributed by atoms with Crippen LogP contribution in [0.15, 0.2) is 4.52 Å². The molecule has 0 saturated carbocycles. The van der Waals surface area contributed by atoms with Crippen LogP contribution in [0, 0.1) is 0 Å². The van der Waals surface area contributed by atoms with Gasteiger partial charge in [0.25, 0.3) is 0 Å². The average Bonchev–Trinajstić information content (AvgIpc) is 2.83. The van der Waals surface area contributed by atoms with Gasteiger partial charge in [-0.1, -0.05) is 5.16 Å². The molecule has 1 atom stereocenters. The zero-order valence-corrected chi connectivity index (χ0v) is 10.1. The van der Waals surface area contributed by atoms with Crippen LogP contribution in [0.25, 0.3) is 0 Å². The average molecular weight is 281 g/mol. The van der Waals surface area contributed by atoms with Crippen molar-refractivity contribution in [2.75, 3.05) is 32.9 Å². The molecule has 1 aliphatic heterocycles. The lowest BCUT2D eigenvalue weighted by Gasteiger charge is -2.20. The Morgan fingerprint density at radius 1 is 1.42 bits per heavy atom. The molecule has 19 heavy (non-hydrogen) atoms. The molecule has 1 aliphatic rings. The summed E-state index contributed by atoms with van der Waals surface area (Å²) in [6.45, 7) is 0.522. The van der Waals surface area contributed by atoms with Gasteiger partial charge in [-0.3, -0.25) is 0 Å². The number of morpholine rings is 1. The Labute approximate surface area is 107 Å². The molecule has 1 unspecified atom stereocenters. The first kappa shape index (κ1) is 14.2. The first-order valence-electron chi connectivity index (χ1n) is 5.84. The number of alkyl halides is 3. The zero-order chi connectivity index (χ0) is 13.7. The molecular formula is C10H14F3N3O3. The van der Waals surface area contributed by atoms with Gasteiger partial charge < -0.3 is 19.3 Å². The molecule has 1 N–H and O–H groups in total. The van der Waals surface area contributed by atoms with Crippen molar-refractivity contribution in [3.8, 4) is 0 Å². The predicted molar refractivity (Wildman–Crippen MR) is 56.4 cm³/mol. The normalized spacial score (nSPS) is 20.7. The van der Waals surface area contributed by atoms with E-state index in [4.69, 9.17) is 9.26 Å². The van der Waals surface area contributed by atoms with Crippen molar-refractivity contribution in [3.05, 3.63) is 11.7 Å². The van der Waals surface area contributed by atoms with Crippen LogP contribution in [0.1, 0.15) is 17.8 Å². The fraction of sp³-hybridized carbons (Fsp3) is 0.800. The number of nitrogens with zero attached hydrogens (tertiary/aromatic N) is 2. The van der Waals surface area contributed by atoms with Crippen molar-refractivity contribution in [3.63, 3.8) is 0 Å². The van der Waals surface area contributed by atoms with Gasteiger partial charge in [-0.05, 0) is 0 Å². The molecule has 108 valence electrons. The molecule has 2 heterocycles. The van der Waals surface area contributed by atoms with Gasteiger partial charge in [0.2, 0.25) is 11.7 Å². The van der Waals surface area contributed by atoms with E-state index >= 15 is 0 Å². The van der Waals surface area contributed by atoms with Crippen molar-refractivity contribution in [2.24, 2.45) is 0 Å². The molecule has 0 aromatic carbocycles. The molecule has 0 aliphatic carbocycles. The van der Waals surface area contributed by atoms with Gasteiger partial charge in [-0.2, -0.15) is 18.2 Å². The second kappa shape index (κ2) is 6.31. The summed E-state index contributed by atoms with van der Waals surface area (Å²) >= 11 is 0. The van der Waals surface area contributed by atoms with E-state index in [1.165, 1.54) is 0 Å². The van der Waals surface area contributed by atoms with Gasteiger partial charge in [0.05, 0.1) is 19.6 Å². The lowest BCUT2D eigenvalue weighted by atomic mass is 10.3. The van der Waals surface area contributed by atoms with Crippen LogP contribution in [0.2, 0.25) is 0 Å². The number of hydrogen-bond donors (Lipinski definition) is 1. The minimum absolute atomic E-state index is 0.120. The van der Waals surface area contributed by atoms with Crippen LogP contribution in [-0.2, 0) is 15.9 Å². The Morgan fingerprint density at radius 2 is 2.26 bits per heavy atom. The first-order chi connectivity index (χ1) is 9.04. The number of aromatic nitrogens is 2. The Morgan fingerprint density at radius 3 is 2.95 bits per heavy atom. The van der Waals surface area contributed by atoms with Crippen LogP contribution in [0.3, 0.4) is 0 Å². The molecule has 0 bridgehead atoms. The van der Waals surface area contributed by atoms with Gasteiger partial charge in [-0.15, -0.1) is 0 Å². The lowest BCUT2D eigenvalue weighted by molar-refractivity contribution is -0.173. The van der Waals surface area contributed by atoms with Crippen LogP contribution in [0.5, 0.6) is 0 Å². The highest BCUT2D eigenvalue weighted by atomic mass is 19.4. The van der Waals surface area contributed by atoms with Gasteiger partial charge in [0, 0.05) is 13.1 Å². The smallest absolute Gasteiger partial charge is 0.372 e. The first-order valence-corrected chi connectivity index (χ1v) is 5.84. The van der Waals surface area contributed by atoms with Crippen LogP contribution < -0.4 is 5.32 Å². The lowest BCUT2D eigenvalue weighted by Crippen LogP contribution is -2.33. The van der Waals surface area contributed by atoms with E-state index in [-0.39, 0.29) is 25.0 Å². The molecule has 6 nitrogen and oxygen atoms in total. The van der Waals surface area contributed by atoms with Crippen LogP contribution in [-0.4, -0.2) is 49.2 Å². The molecule has 2 rings (SSSR count). The second-order valence-electron chi connectivity index (χ2n) is 4.03. The monoisotopic (exact) mass is 281 g/mol. The molecule has 1 aromatic heterocycles. The number of ether oxygens (including phenoxy) is 2. The topological polar surface area (TPSA) is 69.4 Å². The van der Waals surface area contributed by atoms with Crippen molar-refractivity contribution >= 4 is 0 Å². The van der Waals surface area contributed by atoms with E-state index in [0.29, 0.717) is 19.0 Å². The third-order valence-electron chi connectivity index (χ3n) is 2.43. The maximum absolute atomic E-state index is 11.8. The zero-order valence-electron chi connectivity index (χ0n) is 10.1. The van der Waals surface area contributed by atoms with Crippen molar-refractivity contribution in [1.82, 2.24) is 15.5 Å². The largest absolute Gasteiger partial charge is 0.411 e. The summed E-state index contributed by atoms with van der Waals surface area (Å²) in [4.78, 5) is 4.06. The van der Waals surface area contributed by atoms with E-state index < -0.39 is 12.8 Å². The summed E-state index contributed by atoms with van der Waals surface area (Å²) in [5, 5.41) is 6.85. The summed E-state index contributed by atoms with van der Waals surface area (Å²) in [6, 6.07) is 0. The third-order valence-corrected chi connectivity index (χ3v) is 2.43. The minimum atomic E-state index is -4.32. The molecule has 1 fully saturated rings. The Hall–Kier alpha value is -1.19. The van der Waals surface area contributed by atoms with Gasteiger partial charge in [-0.25, -0.2) is 0 Å². The Balaban J connectivity index is 1.74. The Bertz CT molecular complexity index is 391.